The Bertz CT molecular complexity index is 1010. The van der Waals surface area contributed by atoms with Gasteiger partial charge in [0.15, 0.2) is 5.82 Å². The molecule has 3 aromatic heterocycles. The Morgan fingerprint density at radius 1 is 1.24 bits per heavy atom. The van der Waals surface area contributed by atoms with Gasteiger partial charge < -0.3 is 15.4 Å². The monoisotopic (exact) mass is 337 g/mol. The second-order valence-electron chi connectivity index (χ2n) is 6.10. The molecule has 1 atom stereocenters. The quantitative estimate of drug-likeness (QED) is 0.402. The van der Waals surface area contributed by atoms with Crippen LogP contribution in [0.1, 0.15) is 18.3 Å². The number of aromatic nitrogens is 5. The molecule has 7 heteroatoms. The molecule has 0 bridgehead atoms. The Labute approximate surface area is 144 Å². The summed E-state index contributed by atoms with van der Waals surface area (Å²) in [6, 6.07) is 11.8. The Morgan fingerprint density at radius 2 is 2.12 bits per heavy atom. The molecule has 0 aliphatic heterocycles. The third kappa shape index (κ3) is 2.94. The summed E-state index contributed by atoms with van der Waals surface area (Å²) in [4.78, 5) is 3.28. The average Bonchev–Trinajstić information content (AvgIpc) is 3.25. The number of H-pyrrole nitrogens is 2. The lowest BCUT2D eigenvalue weighted by molar-refractivity contribution is -0.588. The van der Waals surface area contributed by atoms with Gasteiger partial charge in [0.1, 0.15) is 0 Å². The molecule has 4 rings (SSSR count). The summed E-state index contributed by atoms with van der Waals surface area (Å²) >= 11 is 0. The standard InChI is InChI=1S/C18H20N6O/c1-2-17-21-22-18-8-7-16(23-24(17)18)20-13(11-25)9-12-10-19-15-6-4-3-5-14(12)15/h3-8,10,13,19,25H,2,9,11H2,1H3,(H,20,23)/p+1/t13-/m0/s1. The van der Waals surface area contributed by atoms with Crippen molar-refractivity contribution in [2.24, 2.45) is 0 Å². The molecule has 0 saturated heterocycles. The Kier molecular flexibility index (Phi) is 4.07. The molecule has 4 aromatic rings. The second kappa shape index (κ2) is 6.52. The van der Waals surface area contributed by atoms with E-state index in [0.717, 1.165) is 23.4 Å². The predicted molar refractivity (Wildman–Crippen MR) is 95.4 cm³/mol. The number of hydrogen-bond acceptors (Lipinski definition) is 4. The van der Waals surface area contributed by atoms with Gasteiger partial charge in [-0.15, -0.1) is 5.10 Å². The van der Waals surface area contributed by atoms with Crippen LogP contribution >= 0.6 is 0 Å². The first-order valence-corrected chi connectivity index (χ1v) is 8.47. The first-order chi connectivity index (χ1) is 12.3. The van der Waals surface area contributed by atoms with Crippen LogP contribution in [0.25, 0.3) is 16.6 Å². The zero-order valence-corrected chi connectivity index (χ0v) is 14.0. The number of nitrogens with zero attached hydrogens (tertiary/aromatic N) is 3. The van der Waals surface area contributed by atoms with Gasteiger partial charge in [0.25, 0.3) is 5.82 Å². The number of nitrogens with one attached hydrogen (secondary N) is 3. The first kappa shape index (κ1) is 15.6. The van der Waals surface area contributed by atoms with Crippen LogP contribution in [-0.2, 0) is 12.8 Å². The molecule has 0 amide bonds. The molecule has 0 unspecified atom stereocenters. The van der Waals surface area contributed by atoms with Crippen LogP contribution in [0, 0.1) is 0 Å². The minimum absolute atomic E-state index is 0.0237. The van der Waals surface area contributed by atoms with Crippen LogP contribution in [0.2, 0.25) is 0 Å². The fourth-order valence-electron chi connectivity index (χ4n) is 3.11. The number of para-hydroxylation sites is 1. The molecule has 0 aliphatic carbocycles. The van der Waals surface area contributed by atoms with Crippen molar-refractivity contribution in [2.75, 3.05) is 11.9 Å². The van der Waals surface area contributed by atoms with Crippen LogP contribution in [0.15, 0.2) is 42.6 Å². The summed E-state index contributed by atoms with van der Waals surface area (Å²) in [5.41, 5.74) is 3.06. The van der Waals surface area contributed by atoms with E-state index in [1.54, 1.807) is 4.52 Å². The van der Waals surface area contributed by atoms with Crippen molar-refractivity contribution in [2.45, 2.75) is 25.8 Å². The molecule has 25 heavy (non-hydrogen) atoms. The zero-order chi connectivity index (χ0) is 17.2. The number of anilines is 1. The van der Waals surface area contributed by atoms with E-state index in [9.17, 15) is 5.11 Å². The molecule has 128 valence electrons. The highest BCUT2D eigenvalue weighted by Gasteiger charge is 2.16. The highest BCUT2D eigenvalue weighted by molar-refractivity contribution is 5.83. The largest absolute Gasteiger partial charge is 0.394 e. The van der Waals surface area contributed by atoms with Crippen molar-refractivity contribution in [3.63, 3.8) is 0 Å². The Balaban J connectivity index is 1.57. The second-order valence-corrected chi connectivity index (χ2v) is 6.10. The van der Waals surface area contributed by atoms with E-state index in [2.05, 4.69) is 44.7 Å². The molecular formula is C18H21N6O+. The number of aliphatic hydroxyl groups excluding tert-OH is 1. The number of benzene rings is 1. The number of aryl methyl sites for hydroxylation is 1. The van der Waals surface area contributed by atoms with Gasteiger partial charge in [-0.3, -0.25) is 0 Å². The van der Waals surface area contributed by atoms with E-state index >= 15 is 0 Å². The number of hydrogen-bond donors (Lipinski definition) is 4. The van der Waals surface area contributed by atoms with Gasteiger partial charge in [-0.2, -0.15) is 0 Å². The predicted octanol–water partition coefficient (Wildman–Crippen LogP) is 1.60. The van der Waals surface area contributed by atoms with Gasteiger partial charge >= 0.3 is 5.65 Å². The van der Waals surface area contributed by atoms with Crippen molar-refractivity contribution in [1.82, 2.24) is 20.3 Å². The minimum Gasteiger partial charge on any atom is -0.394 e. The smallest absolute Gasteiger partial charge is 0.325 e. The number of aromatic amines is 2. The Morgan fingerprint density at radius 3 is 2.96 bits per heavy atom. The van der Waals surface area contributed by atoms with Gasteiger partial charge in [0.05, 0.1) is 12.6 Å². The fourth-order valence-corrected chi connectivity index (χ4v) is 3.11. The summed E-state index contributed by atoms with van der Waals surface area (Å²) in [5.74, 6) is 1.66. The molecule has 4 N–H and O–H groups in total. The molecule has 0 saturated carbocycles. The highest BCUT2D eigenvalue weighted by atomic mass is 16.3. The lowest BCUT2D eigenvalue weighted by Crippen LogP contribution is -2.33. The van der Waals surface area contributed by atoms with Gasteiger partial charge in [-0.1, -0.05) is 34.7 Å². The van der Waals surface area contributed by atoms with E-state index in [1.807, 2.05) is 30.5 Å². The van der Waals surface area contributed by atoms with Crippen LogP contribution in [0.5, 0.6) is 0 Å². The topological polar surface area (TPSA) is 93.7 Å². The third-order valence-electron chi connectivity index (χ3n) is 4.42. The maximum atomic E-state index is 9.81. The molecule has 0 radical (unpaired) electrons. The van der Waals surface area contributed by atoms with Crippen LogP contribution in [-0.4, -0.2) is 38.0 Å². The molecular weight excluding hydrogens is 316 g/mol. The maximum Gasteiger partial charge on any atom is 0.325 e. The molecule has 0 aliphatic rings. The first-order valence-electron chi connectivity index (χ1n) is 8.47. The minimum atomic E-state index is -0.123. The molecule has 0 fully saturated rings. The van der Waals surface area contributed by atoms with Crippen molar-refractivity contribution >= 4 is 22.4 Å². The maximum absolute atomic E-state index is 9.81. The highest BCUT2D eigenvalue weighted by Crippen LogP contribution is 2.20. The summed E-state index contributed by atoms with van der Waals surface area (Å²) in [5, 5.41) is 26.1. The van der Waals surface area contributed by atoms with Crippen molar-refractivity contribution in [3.8, 4) is 0 Å². The summed E-state index contributed by atoms with van der Waals surface area (Å²) in [6.07, 6.45) is 3.53. The normalized spacial score (nSPS) is 12.7. The number of aliphatic hydroxyl groups is 1. The number of fused-ring (bicyclic) bond motifs is 2. The molecule has 3 heterocycles. The van der Waals surface area contributed by atoms with E-state index in [4.69, 9.17) is 0 Å². The van der Waals surface area contributed by atoms with Crippen molar-refractivity contribution < 1.29 is 9.62 Å². The summed E-state index contributed by atoms with van der Waals surface area (Å²) < 4.78 is 1.79. The van der Waals surface area contributed by atoms with Crippen molar-refractivity contribution in [1.29, 1.82) is 0 Å². The SMILES string of the molecule is CCc1[nH]nc2ccc(N[C@H](CO)Cc3c[nH]c4ccccc34)n[n+]12. The Hall–Kier alpha value is -2.93. The summed E-state index contributed by atoms with van der Waals surface area (Å²) in [7, 11) is 0. The van der Waals surface area contributed by atoms with Gasteiger partial charge in [-0.05, 0) is 24.1 Å². The van der Waals surface area contributed by atoms with E-state index < -0.39 is 0 Å². The van der Waals surface area contributed by atoms with Crippen LogP contribution in [0.4, 0.5) is 5.82 Å². The van der Waals surface area contributed by atoms with Gasteiger partial charge in [0, 0.05) is 34.7 Å². The van der Waals surface area contributed by atoms with Crippen LogP contribution < -0.4 is 9.83 Å². The molecule has 7 nitrogen and oxygen atoms in total. The van der Waals surface area contributed by atoms with E-state index in [0.29, 0.717) is 12.2 Å². The van der Waals surface area contributed by atoms with Gasteiger partial charge in [-0.25, -0.2) is 0 Å². The van der Waals surface area contributed by atoms with E-state index in [-0.39, 0.29) is 12.6 Å². The zero-order valence-electron chi connectivity index (χ0n) is 14.0. The lowest BCUT2D eigenvalue weighted by Gasteiger charge is -2.16. The molecule has 0 spiro atoms. The van der Waals surface area contributed by atoms with E-state index in [1.165, 1.54) is 10.9 Å². The fraction of sp³-hybridized carbons (Fsp3) is 0.278. The number of rotatable bonds is 6. The van der Waals surface area contributed by atoms with Crippen molar-refractivity contribution in [3.05, 3.63) is 54.0 Å². The van der Waals surface area contributed by atoms with Crippen LogP contribution in [0.3, 0.4) is 0 Å². The summed E-state index contributed by atoms with van der Waals surface area (Å²) in [6.45, 7) is 2.07. The molecule has 1 aromatic carbocycles. The van der Waals surface area contributed by atoms with Gasteiger partial charge in [0.2, 0.25) is 0 Å². The third-order valence-corrected chi connectivity index (χ3v) is 4.42. The average molecular weight is 337 g/mol. The lowest BCUT2D eigenvalue weighted by atomic mass is 10.1.